The Bertz CT molecular complexity index is 506. The van der Waals surface area contributed by atoms with Crippen molar-refractivity contribution < 1.29 is 9.53 Å². The second-order valence-corrected chi connectivity index (χ2v) is 6.49. The molecular formula is C16H25N3O2. The van der Waals surface area contributed by atoms with Crippen molar-refractivity contribution in [1.82, 2.24) is 14.9 Å². The lowest BCUT2D eigenvalue weighted by Gasteiger charge is -2.30. The van der Waals surface area contributed by atoms with Gasteiger partial charge in [-0.3, -0.25) is 4.79 Å². The smallest absolute Gasteiger partial charge is 0.225 e. The van der Waals surface area contributed by atoms with Gasteiger partial charge in [0.25, 0.3) is 0 Å². The number of ether oxygens (including phenoxy) is 1. The molecular weight excluding hydrogens is 266 g/mol. The van der Waals surface area contributed by atoms with E-state index in [-0.39, 0.29) is 11.8 Å². The van der Waals surface area contributed by atoms with Gasteiger partial charge in [0.15, 0.2) is 0 Å². The summed E-state index contributed by atoms with van der Waals surface area (Å²) in [7, 11) is 1.94. The maximum absolute atomic E-state index is 12.6. The van der Waals surface area contributed by atoms with Crippen LogP contribution in [0.25, 0.3) is 0 Å². The number of aryl methyl sites for hydroxylation is 2. The predicted octanol–water partition coefficient (Wildman–Crippen LogP) is 1.71. The van der Waals surface area contributed by atoms with Gasteiger partial charge in [-0.1, -0.05) is 0 Å². The molecule has 116 valence electrons. The summed E-state index contributed by atoms with van der Waals surface area (Å²) in [5, 5.41) is 0. The molecule has 1 aromatic rings. The monoisotopic (exact) mass is 291 g/mol. The molecule has 2 heterocycles. The van der Waals surface area contributed by atoms with Gasteiger partial charge in [0.1, 0.15) is 5.82 Å². The fourth-order valence-electron chi connectivity index (χ4n) is 3.57. The second kappa shape index (κ2) is 6.18. The van der Waals surface area contributed by atoms with E-state index in [2.05, 4.69) is 9.97 Å². The molecule has 21 heavy (non-hydrogen) atoms. The van der Waals surface area contributed by atoms with Crippen molar-refractivity contribution in [3.05, 3.63) is 17.2 Å². The number of nitrogens with zero attached hydrogens (tertiary/aromatic N) is 2. The first-order valence-corrected chi connectivity index (χ1v) is 8.00. The molecule has 1 aromatic heterocycles. The highest BCUT2D eigenvalue weighted by molar-refractivity contribution is 5.79. The van der Waals surface area contributed by atoms with Gasteiger partial charge < -0.3 is 14.6 Å². The number of aromatic amines is 1. The summed E-state index contributed by atoms with van der Waals surface area (Å²) < 4.78 is 5.51. The van der Waals surface area contributed by atoms with Gasteiger partial charge in [0, 0.05) is 38.2 Å². The van der Waals surface area contributed by atoms with Crippen molar-refractivity contribution in [3.8, 4) is 0 Å². The summed E-state index contributed by atoms with van der Waals surface area (Å²) in [6.07, 6.45) is 4.93. The van der Waals surface area contributed by atoms with Crippen LogP contribution in [0.1, 0.15) is 36.5 Å². The van der Waals surface area contributed by atoms with E-state index in [1.54, 1.807) is 0 Å². The van der Waals surface area contributed by atoms with Crippen LogP contribution < -0.4 is 0 Å². The first-order valence-electron chi connectivity index (χ1n) is 8.00. The zero-order valence-electron chi connectivity index (χ0n) is 13.0. The van der Waals surface area contributed by atoms with Gasteiger partial charge in [0.05, 0.1) is 12.3 Å². The van der Waals surface area contributed by atoms with Crippen molar-refractivity contribution in [2.45, 2.75) is 39.0 Å². The van der Waals surface area contributed by atoms with E-state index in [9.17, 15) is 4.79 Å². The second-order valence-electron chi connectivity index (χ2n) is 6.49. The van der Waals surface area contributed by atoms with E-state index in [4.69, 9.17) is 4.74 Å². The minimum Gasteiger partial charge on any atom is -0.381 e. The minimum absolute atomic E-state index is 0.104. The lowest BCUT2D eigenvalue weighted by molar-refractivity contribution is -0.135. The number of amides is 1. The van der Waals surface area contributed by atoms with E-state index >= 15 is 0 Å². The average molecular weight is 291 g/mol. The van der Waals surface area contributed by atoms with Crippen LogP contribution in [0.3, 0.4) is 0 Å². The third kappa shape index (κ3) is 3.28. The molecule has 5 nitrogen and oxygen atoms in total. The molecule has 0 bridgehead atoms. The molecule has 0 spiro atoms. The Morgan fingerprint density at radius 2 is 2.33 bits per heavy atom. The number of imidazole rings is 1. The summed E-state index contributed by atoms with van der Waals surface area (Å²) in [5.41, 5.74) is 2.31. The molecule has 0 aromatic carbocycles. The number of carbonyl (C=O) groups excluding carboxylic acids is 1. The van der Waals surface area contributed by atoms with Gasteiger partial charge in [0.2, 0.25) is 5.91 Å². The lowest BCUT2D eigenvalue weighted by atomic mass is 9.88. The Kier molecular flexibility index (Phi) is 4.29. The molecule has 0 radical (unpaired) electrons. The van der Waals surface area contributed by atoms with E-state index in [1.807, 2.05) is 18.9 Å². The molecule has 1 amide bonds. The standard InChI is InChI=1S/C16H25N3O2/c1-11-17-14-6-5-13(8-15(14)18-11)16(20)19(2)9-12-4-3-7-21-10-12/h12-13H,3-10H2,1-2H3,(H,17,18). The number of H-pyrrole nitrogens is 1. The van der Waals surface area contributed by atoms with Crippen molar-refractivity contribution in [2.75, 3.05) is 26.8 Å². The summed E-state index contributed by atoms with van der Waals surface area (Å²) in [6, 6.07) is 0. The summed E-state index contributed by atoms with van der Waals surface area (Å²) >= 11 is 0. The highest BCUT2D eigenvalue weighted by Gasteiger charge is 2.29. The summed E-state index contributed by atoms with van der Waals surface area (Å²) in [6.45, 7) is 4.47. The van der Waals surface area contributed by atoms with Crippen LogP contribution in [0.2, 0.25) is 0 Å². The lowest BCUT2D eigenvalue weighted by Crippen LogP contribution is -2.40. The zero-order chi connectivity index (χ0) is 14.8. The van der Waals surface area contributed by atoms with Crippen LogP contribution in [-0.4, -0.2) is 47.6 Å². The van der Waals surface area contributed by atoms with E-state index in [0.717, 1.165) is 62.7 Å². The summed E-state index contributed by atoms with van der Waals surface area (Å²) in [5.74, 6) is 1.84. The maximum Gasteiger partial charge on any atom is 0.225 e. The molecule has 2 unspecified atom stereocenters. The Morgan fingerprint density at radius 3 is 3.10 bits per heavy atom. The number of rotatable bonds is 3. The fraction of sp³-hybridized carbons (Fsp3) is 0.750. The number of aromatic nitrogens is 2. The third-order valence-corrected chi connectivity index (χ3v) is 4.68. The molecule has 2 aliphatic rings. The molecule has 1 saturated heterocycles. The minimum atomic E-state index is 0.104. The summed E-state index contributed by atoms with van der Waals surface area (Å²) in [4.78, 5) is 22.3. The number of nitrogens with one attached hydrogen (secondary N) is 1. The Morgan fingerprint density at radius 1 is 1.48 bits per heavy atom. The Labute approximate surface area is 126 Å². The molecule has 5 heteroatoms. The molecule has 0 saturated carbocycles. The molecule has 1 N–H and O–H groups in total. The van der Waals surface area contributed by atoms with Crippen molar-refractivity contribution >= 4 is 5.91 Å². The number of fused-ring (bicyclic) bond motifs is 1. The quantitative estimate of drug-likeness (QED) is 0.922. The molecule has 1 aliphatic heterocycles. The van der Waals surface area contributed by atoms with E-state index in [1.165, 1.54) is 6.42 Å². The highest BCUT2D eigenvalue weighted by Crippen LogP contribution is 2.26. The number of hydrogen-bond acceptors (Lipinski definition) is 3. The van der Waals surface area contributed by atoms with Gasteiger partial charge in [-0.2, -0.15) is 0 Å². The normalized spacial score (nSPS) is 25.4. The predicted molar refractivity (Wildman–Crippen MR) is 80.0 cm³/mol. The fourth-order valence-corrected chi connectivity index (χ4v) is 3.57. The highest BCUT2D eigenvalue weighted by atomic mass is 16.5. The Balaban J connectivity index is 1.57. The topological polar surface area (TPSA) is 58.2 Å². The number of hydrogen-bond donors (Lipinski definition) is 1. The Hall–Kier alpha value is -1.36. The van der Waals surface area contributed by atoms with Crippen LogP contribution >= 0.6 is 0 Å². The van der Waals surface area contributed by atoms with E-state index < -0.39 is 0 Å². The van der Waals surface area contributed by atoms with Crippen molar-refractivity contribution in [2.24, 2.45) is 11.8 Å². The van der Waals surface area contributed by atoms with Crippen LogP contribution in [0.15, 0.2) is 0 Å². The van der Waals surface area contributed by atoms with Crippen molar-refractivity contribution in [3.63, 3.8) is 0 Å². The molecule has 1 fully saturated rings. The van der Waals surface area contributed by atoms with Crippen molar-refractivity contribution in [1.29, 1.82) is 0 Å². The van der Waals surface area contributed by atoms with Gasteiger partial charge >= 0.3 is 0 Å². The van der Waals surface area contributed by atoms with Gasteiger partial charge in [-0.05, 0) is 38.5 Å². The average Bonchev–Trinajstić information content (AvgIpc) is 2.86. The van der Waals surface area contributed by atoms with Crippen LogP contribution in [0.5, 0.6) is 0 Å². The number of carbonyl (C=O) groups is 1. The molecule has 2 atom stereocenters. The van der Waals surface area contributed by atoms with Crippen LogP contribution in [-0.2, 0) is 22.4 Å². The van der Waals surface area contributed by atoms with Gasteiger partial charge in [-0.25, -0.2) is 4.98 Å². The van der Waals surface area contributed by atoms with Crippen LogP contribution in [0.4, 0.5) is 0 Å². The first kappa shape index (κ1) is 14.6. The maximum atomic E-state index is 12.6. The third-order valence-electron chi connectivity index (χ3n) is 4.68. The van der Waals surface area contributed by atoms with Gasteiger partial charge in [-0.15, -0.1) is 0 Å². The largest absolute Gasteiger partial charge is 0.381 e. The van der Waals surface area contributed by atoms with E-state index in [0.29, 0.717) is 5.92 Å². The molecule has 3 rings (SSSR count). The zero-order valence-corrected chi connectivity index (χ0v) is 13.0. The van der Waals surface area contributed by atoms with Crippen LogP contribution in [0, 0.1) is 18.8 Å². The first-order chi connectivity index (χ1) is 10.1. The SMILES string of the molecule is Cc1nc2c([nH]1)CC(C(=O)N(C)CC1CCCOC1)CC2. The molecule has 1 aliphatic carbocycles.